The lowest BCUT2D eigenvalue weighted by Crippen LogP contribution is -2.54. The SMILES string of the molecule is CC1CN=C(NCCC2CCCCN2)C(=O)N1CCNCc1cc(Cl)ccc1F. The Morgan fingerprint density at radius 3 is 3.00 bits per heavy atom. The van der Waals surface area contributed by atoms with E-state index in [1.165, 1.54) is 31.4 Å². The molecule has 0 bridgehead atoms. The zero-order valence-corrected chi connectivity index (χ0v) is 17.8. The maximum absolute atomic E-state index is 13.8. The second kappa shape index (κ2) is 10.9. The molecule has 2 heterocycles. The van der Waals surface area contributed by atoms with E-state index in [1.807, 2.05) is 11.8 Å². The summed E-state index contributed by atoms with van der Waals surface area (Å²) in [6.07, 6.45) is 4.72. The molecule has 8 heteroatoms. The van der Waals surface area contributed by atoms with Crippen LogP contribution in [0.2, 0.25) is 5.02 Å². The molecule has 3 N–H and O–H groups in total. The number of amides is 1. The zero-order chi connectivity index (χ0) is 20.6. The van der Waals surface area contributed by atoms with Crippen molar-refractivity contribution in [2.45, 2.75) is 51.2 Å². The molecule has 3 rings (SSSR count). The first-order valence-electron chi connectivity index (χ1n) is 10.5. The van der Waals surface area contributed by atoms with Crippen LogP contribution in [0.15, 0.2) is 23.2 Å². The second-order valence-corrected chi connectivity index (χ2v) is 8.25. The number of halogens is 2. The van der Waals surface area contributed by atoms with Crippen LogP contribution >= 0.6 is 11.6 Å². The molecule has 2 atom stereocenters. The topological polar surface area (TPSA) is 68.8 Å². The molecule has 0 aromatic heterocycles. The van der Waals surface area contributed by atoms with Crippen LogP contribution in [0.1, 0.15) is 38.2 Å². The van der Waals surface area contributed by atoms with Crippen molar-refractivity contribution in [3.63, 3.8) is 0 Å². The Labute approximate surface area is 177 Å². The summed E-state index contributed by atoms with van der Waals surface area (Å²) in [5.41, 5.74) is 0.524. The molecule has 1 aromatic rings. The highest BCUT2D eigenvalue weighted by atomic mass is 35.5. The molecule has 2 aliphatic heterocycles. The molecule has 0 saturated carbocycles. The summed E-state index contributed by atoms with van der Waals surface area (Å²) < 4.78 is 13.8. The van der Waals surface area contributed by atoms with Crippen molar-refractivity contribution in [2.24, 2.45) is 4.99 Å². The zero-order valence-electron chi connectivity index (χ0n) is 17.0. The number of rotatable bonds is 8. The number of aliphatic imine (C=N–C) groups is 1. The molecule has 1 aromatic carbocycles. The lowest BCUT2D eigenvalue weighted by molar-refractivity contribution is -0.126. The average molecular weight is 424 g/mol. The summed E-state index contributed by atoms with van der Waals surface area (Å²) >= 11 is 5.93. The maximum Gasteiger partial charge on any atom is 0.289 e. The first kappa shape index (κ1) is 22.0. The Morgan fingerprint density at radius 1 is 1.34 bits per heavy atom. The van der Waals surface area contributed by atoms with E-state index in [0.29, 0.717) is 48.6 Å². The Bertz CT molecular complexity index is 723. The Morgan fingerprint density at radius 2 is 2.21 bits per heavy atom. The minimum atomic E-state index is -0.282. The van der Waals surface area contributed by atoms with E-state index in [-0.39, 0.29) is 17.8 Å². The fourth-order valence-corrected chi connectivity index (χ4v) is 4.01. The Kier molecular flexibility index (Phi) is 8.27. The molecule has 2 unspecified atom stereocenters. The maximum atomic E-state index is 13.8. The molecule has 2 aliphatic rings. The number of nitrogens with zero attached hydrogens (tertiary/aromatic N) is 2. The van der Waals surface area contributed by atoms with Gasteiger partial charge in [-0.25, -0.2) is 4.39 Å². The van der Waals surface area contributed by atoms with Crippen LogP contribution in [-0.4, -0.2) is 61.5 Å². The van der Waals surface area contributed by atoms with Gasteiger partial charge in [0.2, 0.25) is 0 Å². The van der Waals surface area contributed by atoms with Gasteiger partial charge in [0.05, 0.1) is 6.54 Å². The third-order valence-electron chi connectivity index (χ3n) is 5.56. The highest BCUT2D eigenvalue weighted by molar-refractivity contribution is 6.38. The van der Waals surface area contributed by atoms with Crippen LogP contribution in [0.4, 0.5) is 4.39 Å². The molecule has 1 saturated heterocycles. The van der Waals surface area contributed by atoms with Gasteiger partial charge in [0, 0.05) is 48.8 Å². The van der Waals surface area contributed by atoms with Gasteiger partial charge in [-0.3, -0.25) is 9.79 Å². The van der Waals surface area contributed by atoms with Gasteiger partial charge in [-0.2, -0.15) is 0 Å². The van der Waals surface area contributed by atoms with E-state index in [1.54, 1.807) is 6.07 Å². The highest BCUT2D eigenvalue weighted by Crippen LogP contribution is 2.15. The van der Waals surface area contributed by atoms with E-state index in [9.17, 15) is 9.18 Å². The molecule has 0 spiro atoms. The van der Waals surface area contributed by atoms with Gasteiger partial charge in [-0.05, 0) is 50.9 Å². The van der Waals surface area contributed by atoms with Crippen LogP contribution in [0.25, 0.3) is 0 Å². The summed E-state index contributed by atoms with van der Waals surface area (Å²) in [7, 11) is 0. The molecule has 0 aliphatic carbocycles. The van der Waals surface area contributed by atoms with Crippen molar-refractivity contribution >= 4 is 23.3 Å². The largest absolute Gasteiger partial charge is 0.366 e. The number of hydrogen-bond acceptors (Lipinski definition) is 5. The molecule has 1 amide bonds. The van der Waals surface area contributed by atoms with Crippen LogP contribution in [-0.2, 0) is 11.3 Å². The van der Waals surface area contributed by atoms with Crippen molar-refractivity contribution in [3.05, 3.63) is 34.6 Å². The number of piperidine rings is 1. The summed E-state index contributed by atoms with van der Waals surface area (Å²) in [5, 5.41) is 10.5. The number of amidine groups is 1. The Hall–Kier alpha value is -1.70. The van der Waals surface area contributed by atoms with E-state index >= 15 is 0 Å². The van der Waals surface area contributed by atoms with Crippen molar-refractivity contribution in [1.29, 1.82) is 0 Å². The van der Waals surface area contributed by atoms with Crippen LogP contribution in [0.5, 0.6) is 0 Å². The number of carbonyl (C=O) groups excluding carboxylic acids is 1. The molecular formula is C21H31ClFN5O. The fourth-order valence-electron chi connectivity index (χ4n) is 3.82. The first-order valence-corrected chi connectivity index (χ1v) is 10.9. The van der Waals surface area contributed by atoms with Crippen LogP contribution in [0, 0.1) is 5.82 Å². The lowest BCUT2D eigenvalue weighted by atomic mass is 10.0. The quantitative estimate of drug-likeness (QED) is 0.561. The van der Waals surface area contributed by atoms with E-state index in [4.69, 9.17) is 11.6 Å². The van der Waals surface area contributed by atoms with Crippen molar-refractivity contribution < 1.29 is 9.18 Å². The van der Waals surface area contributed by atoms with Gasteiger partial charge in [-0.1, -0.05) is 18.0 Å². The second-order valence-electron chi connectivity index (χ2n) is 7.81. The number of benzene rings is 1. The predicted molar refractivity (Wildman–Crippen MR) is 115 cm³/mol. The van der Waals surface area contributed by atoms with Crippen molar-refractivity contribution in [3.8, 4) is 0 Å². The third-order valence-corrected chi connectivity index (χ3v) is 5.79. The van der Waals surface area contributed by atoms with E-state index in [0.717, 1.165) is 19.5 Å². The highest BCUT2D eigenvalue weighted by Gasteiger charge is 2.28. The molecule has 160 valence electrons. The third kappa shape index (κ3) is 6.39. The summed E-state index contributed by atoms with van der Waals surface area (Å²) in [6.45, 7) is 5.92. The van der Waals surface area contributed by atoms with Gasteiger partial charge in [0.25, 0.3) is 5.91 Å². The summed E-state index contributed by atoms with van der Waals surface area (Å²) in [6, 6.07) is 5.10. The van der Waals surface area contributed by atoms with Gasteiger partial charge >= 0.3 is 0 Å². The first-order chi connectivity index (χ1) is 14.0. The molecular weight excluding hydrogens is 393 g/mol. The normalized spacial score (nSPS) is 22.5. The van der Waals surface area contributed by atoms with Gasteiger partial charge in [-0.15, -0.1) is 0 Å². The van der Waals surface area contributed by atoms with Gasteiger partial charge in [0.15, 0.2) is 5.84 Å². The van der Waals surface area contributed by atoms with E-state index in [2.05, 4.69) is 20.9 Å². The van der Waals surface area contributed by atoms with Crippen LogP contribution in [0.3, 0.4) is 0 Å². The minimum Gasteiger partial charge on any atom is -0.366 e. The monoisotopic (exact) mass is 423 g/mol. The van der Waals surface area contributed by atoms with Crippen molar-refractivity contribution in [1.82, 2.24) is 20.9 Å². The predicted octanol–water partition coefficient (Wildman–Crippen LogP) is 2.32. The summed E-state index contributed by atoms with van der Waals surface area (Å²) in [4.78, 5) is 19.1. The molecule has 0 radical (unpaired) electrons. The van der Waals surface area contributed by atoms with Crippen LogP contribution < -0.4 is 16.0 Å². The fraction of sp³-hybridized carbons (Fsp3) is 0.619. The molecule has 1 fully saturated rings. The van der Waals surface area contributed by atoms with Gasteiger partial charge < -0.3 is 20.9 Å². The Balaban J connectivity index is 1.42. The smallest absolute Gasteiger partial charge is 0.289 e. The number of carbonyl (C=O) groups is 1. The molecule has 6 nitrogen and oxygen atoms in total. The molecule has 29 heavy (non-hydrogen) atoms. The minimum absolute atomic E-state index is 0.0535. The number of nitrogens with one attached hydrogen (secondary N) is 3. The summed E-state index contributed by atoms with van der Waals surface area (Å²) in [5.74, 6) is 0.117. The van der Waals surface area contributed by atoms with Crippen molar-refractivity contribution in [2.75, 3.05) is 32.7 Å². The standard InChI is InChI=1S/C21H31ClFN5O/c1-15-13-27-20(26-9-7-18-4-2-3-8-25-18)21(29)28(15)11-10-24-14-16-12-17(22)5-6-19(16)23/h5-6,12,15,18,24-25H,2-4,7-11,13-14H2,1H3,(H,26,27). The number of hydrogen-bond donors (Lipinski definition) is 3. The lowest BCUT2D eigenvalue weighted by Gasteiger charge is -2.33. The van der Waals surface area contributed by atoms with Gasteiger partial charge in [0.1, 0.15) is 5.82 Å². The van der Waals surface area contributed by atoms with E-state index < -0.39 is 0 Å². The average Bonchev–Trinajstić information content (AvgIpc) is 2.72.